The quantitative estimate of drug-likeness (QED) is 0.597. The van der Waals surface area contributed by atoms with E-state index < -0.39 is 5.82 Å². The third kappa shape index (κ3) is 5.89. The monoisotopic (exact) mass is 464 g/mol. The highest BCUT2D eigenvalue weighted by Crippen LogP contribution is 2.27. The Kier molecular flexibility index (Phi) is 8.30. The van der Waals surface area contributed by atoms with Crippen LogP contribution in [-0.4, -0.2) is 57.2 Å². The van der Waals surface area contributed by atoms with Crippen LogP contribution in [0.25, 0.3) is 0 Å². The number of halogens is 2. The number of nitrogens with one attached hydrogen (secondary N) is 1. The molecule has 1 saturated heterocycles. The van der Waals surface area contributed by atoms with Gasteiger partial charge in [0.05, 0.1) is 19.3 Å². The van der Waals surface area contributed by atoms with Gasteiger partial charge < -0.3 is 24.4 Å². The molecule has 0 unspecified atom stereocenters. The number of nitrogens with zero attached hydrogens (tertiary/aromatic N) is 1. The Labute approximate surface area is 191 Å². The zero-order valence-corrected chi connectivity index (χ0v) is 18.8. The van der Waals surface area contributed by atoms with Crippen LogP contribution in [0, 0.1) is 11.7 Å². The van der Waals surface area contributed by atoms with Crippen LogP contribution < -0.4 is 14.8 Å². The van der Waals surface area contributed by atoms with Crippen LogP contribution >= 0.6 is 11.6 Å². The number of carbonyl (C=O) groups excluding carboxylic acids is 2. The highest BCUT2D eigenvalue weighted by Gasteiger charge is 2.29. The Morgan fingerprint density at radius 2 is 1.81 bits per heavy atom. The minimum atomic E-state index is -0.560. The summed E-state index contributed by atoms with van der Waals surface area (Å²) < 4.78 is 29.6. The summed E-state index contributed by atoms with van der Waals surface area (Å²) in [5, 5.41) is 3.20. The van der Waals surface area contributed by atoms with Crippen molar-refractivity contribution in [2.75, 3.05) is 45.8 Å². The normalized spacial score (nSPS) is 14.2. The van der Waals surface area contributed by atoms with Crippen molar-refractivity contribution in [2.24, 2.45) is 5.92 Å². The highest BCUT2D eigenvalue weighted by atomic mass is 35.5. The highest BCUT2D eigenvalue weighted by molar-refractivity contribution is 6.31. The van der Waals surface area contributed by atoms with Crippen LogP contribution in [0.2, 0.25) is 5.02 Å². The van der Waals surface area contributed by atoms with E-state index in [0.29, 0.717) is 54.6 Å². The average Bonchev–Trinajstić information content (AvgIpc) is 2.80. The second kappa shape index (κ2) is 11.2. The Hall–Kier alpha value is -2.84. The fourth-order valence-electron chi connectivity index (χ4n) is 3.54. The summed E-state index contributed by atoms with van der Waals surface area (Å²) in [4.78, 5) is 27.2. The van der Waals surface area contributed by atoms with Gasteiger partial charge in [0.25, 0.3) is 5.91 Å². The van der Waals surface area contributed by atoms with E-state index in [1.54, 1.807) is 29.2 Å². The smallest absolute Gasteiger partial charge is 0.257 e. The molecule has 1 N–H and O–H groups in total. The van der Waals surface area contributed by atoms with Crippen LogP contribution in [0.1, 0.15) is 23.2 Å². The molecule has 1 aliphatic rings. The molecule has 0 aromatic heterocycles. The van der Waals surface area contributed by atoms with Crippen molar-refractivity contribution in [3.63, 3.8) is 0 Å². The molecule has 0 radical (unpaired) electrons. The molecule has 2 aromatic rings. The van der Waals surface area contributed by atoms with Crippen LogP contribution in [-0.2, 0) is 9.53 Å². The topological polar surface area (TPSA) is 77.1 Å². The van der Waals surface area contributed by atoms with Crippen molar-refractivity contribution in [3.05, 3.63) is 52.8 Å². The number of hydrogen-bond acceptors (Lipinski definition) is 5. The van der Waals surface area contributed by atoms with Crippen LogP contribution in [0.5, 0.6) is 11.5 Å². The minimum absolute atomic E-state index is 0.100. The predicted molar refractivity (Wildman–Crippen MR) is 119 cm³/mol. The van der Waals surface area contributed by atoms with Gasteiger partial charge in [-0.15, -0.1) is 0 Å². The molecule has 3 rings (SSSR count). The van der Waals surface area contributed by atoms with E-state index in [1.165, 1.54) is 26.4 Å². The Morgan fingerprint density at radius 3 is 2.47 bits per heavy atom. The number of hydrogen-bond donors (Lipinski definition) is 1. The molecule has 7 nitrogen and oxygen atoms in total. The van der Waals surface area contributed by atoms with Gasteiger partial charge in [0.2, 0.25) is 5.91 Å². The van der Waals surface area contributed by atoms with Crippen LogP contribution in [0.3, 0.4) is 0 Å². The van der Waals surface area contributed by atoms with Gasteiger partial charge in [-0.25, -0.2) is 4.39 Å². The number of methoxy groups -OCH3 is 2. The number of ether oxygens (including phenoxy) is 3. The van der Waals surface area contributed by atoms with Gasteiger partial charge in [-0.05, 0) is 43.2 Å². The van der Waals surface area contributed by atoms with Crippen LogP contribution in [0.4, 0.5) is 10.1 Å². The summed E-state index contributed by atoms with van der Waals surface area (Å²) in [7, 11) is 3.03. The molecule has 1 heterocycles. The van der Waals surface area contributed by atoms with Crippen molar-refractivity contribution in [1.82, 2.24) is 4.90 Å². The third-order valence-corrected chi connectivity index (χ3v) is 5.52. The van der Waals surface area contributed by atoms with Gasteiger partial charge in [-0.2, -0.15) is 0 Å². The van der Waals surface area contributed by atoms with Crippen LogP contribution in [0.15, 0.2) is 36.4 Å². The number of rotatable bonds is 8. The lowest BCUT2D eigenvalue weighted by atomic mass is 9.95. The first-order chi connectivity index (χ1) is 15.4. The molecule has 0 bridgehead atoms. The Balaban J connectivity index is 1.55. The summed E-state index contributed by atoms with van der Waals surface area (Å²) in [6.45, 7) is 1.43. The van der Waals surface area contributed by atoms with E-state index >= 15 is 0 Å². The summed E-state index contributed by atoms with van der Waals surface area (Å²) >= 11 is 6.03. The molecule has 0 atom stereocenters. The predicted octanol–water partition coefficient (Wildman–Crippen LogP) is 4.00. The molecule has 0 aliphatic carbocycles. The molecule has 172 valence electrons. The second-order valence-electron chi connectivity index (χ2n) is 7.39. The number of benzene rings is 2. The Bertz CT molecular complexity index is 963. The lowest BCUT2D eigenvalue weighted by molar-refractivity contribution is -0.121. The fraction of sp³-hybridized carbons (Fsp3) is 0.391. The SMILES string of the molecule is COCCOc1ccc(NC(=O)C2CCN(C(=O)c3cc(Cl)ccc3OC)CC2)cc1F. The molecule has 2 aromatic carbocycles. The maximum Gasteiger partial charge on any atom is 0.257 e. The zero-order chi connectivity index (χ0) is 23.1. The summed E-state index contributed by atoms with van der Waals surface area (Å²) in [6, 6.07) is 9.19. The number of amides is 2. The first kappa shape index (κ1) is 23.8. The lowest BCUT2D eigenvalue weighted by Crippen LogP contribution is -2.41. The third-order valence-electron chi connectivity index (χ3n) is 5.29. The van der Waals surface area contributed by atoms with Gasteiger partial charge in [0.1, 0.15) is 12.4 Å². The second-order valence-corrected chi connectivity index (χ2v) is 7.82. The fourth-order valence-corrected chi connectivity index (χ4v) is 3.71. The first-order valence-corrected chi connectivity index (χ1v) is 10.7. The van der Waals surface area contributed by atoms with Crippen molar-refractivity contribution >= 4 is 29.1 Å². The average molecular weight is 465 g/mol. The van der Waals surface area contributed by atoms with Gasteiger partial charge >= 0.3 is 0 Å². The molecule has 1 aliphatic heterocycles. The van der Waals surface area contributed by atoms with E-state index in [9.17, 15) is 14.0 Å². The molecule has 1 fully saturated rings. The van der Waals surface area contributed by atoms with E-state index in [-0.39, 0.29) is 30.1 Å². The van der Waals surface area contributed by atoms with E-state index in [2.05, 4.69) is 5.32 Å². The van der Waals surface area contributed by atoms with E-state index in [4.69, 9.17) is 25.8 Å². The molecular weight excluding hydrogens is 439 g/mol. The largest absolute Gasteiger partial charge is 0.496 e. The summed E-state index contributed by atoms with van der Waals surface area (Å²) in [5.41, 5.74) is 0.750. The van der Waals surface area contributed by atoms with Gasteiger partial charge in [-0.1, -0.05) is 11.6 Å². The molecule has 2 amide bonds. The number of anilines is 1. The first-order valence-electron chi connectivity index (χ1n) is 10.3. The maximum atomic E-state index is 14.2. The van der Waals surface area contributed by atoms with E-state index in [1.807, 2.05) is 0 Å². The number of carbonyl (C=O) groups is 2. The standard InChI is InChI=1S/C23H26ClFN2O5/c1-30-11-12-32-21-6-4-17(14-19(21)25)26-22(28)15-7-9-27(10-8-15)23(29)18-13-16(24)3-5-20(18)31-2/h3-6,13-15H,7-12H2,1-2H3,(H,26,28). The molecule has 32 heavy (non-hydrogen) atoms. The van der Waals surface area contributed by atoms with Gasteiger partial charge in [-0.3, -0.25) is 9.59 Å². The van der Waals surface area contributed by atoms with Gasteiger partial charge in [0.15, 0.2) is 11.6 Å². The molecular formula is C23H26ClFN2O5. The molecule has 9 heteroatoms. The Morgan fingerprint density at radius 1 is 1.09 bits per heavy atom. The molecule has 0 spiro atoms. The summed E-state index contributed by atoms with van der Waals surface area (Å²) in [6.07, 6.45) is 1.00. The van der Waals surface area contributed by atoms with Crippen molar-refractivity contribution in [3.8, 4) is 11.5 Å². The molecule has 0 saturated carbocycles. The minimum Gasteiger partial charge on any atom is -0.496 e. The van der Waals surface area contributed by atoms with Crippen molar-refractivity contribution in [2.45, 2.75) is 12.8 Å². The lowest BCUT2D eigenvalue weighted by Gasteiger charge is -2.31. The van der Waals surface area contributed by atoms with Gasteiger partial charge in [0, 0.05) is 42.9 Å². The van der Waals surface area contributed by atoms with E-state index in [0.717, 1.165) is 0 Å². The maximum absolute atomic E-state index is 14.2. The van der Waals surface area contributed by atoms with Crippen molar-refractivity contribution < 1.29 is 28.2 Å². The van der Waals surface area contributed by atoms with Crippen molar-refractivity contribution in [1.29, 1.82) is 0 Å². The summed E-state index contributed by atoms with van der Waals surface area (Å²) in [5.74, 6) is -0.672. The number of likely N-dealkylation sites (tertiary alicyclic amines) is 1. The zero-order valence-electron chi connectivity index (χ0n) is 18.0. The number of piperidine rings is 1.